The van der Waals surface area contributed by atoms with Crippen molar-refractivity contribution in [2.45, 2.75) is 18.9 Å². The zero-order valence-corrected chi connectivity index (χ0v) is 18.8. The maximum atomic E-state index is 11.9. The Labute approximate surface area is 193 Å². The third kappa shape index (κ3) is 7.47. The van der Waals surface area contributed by atoms with Crippen LogP contribution in [0.1, 0.15) is 18.4 Å². The average Bonchev–Trinajstić information content (AvgIpc) is 3.32. The predicted molar refractivity (Wildman–Crippen MR) is 122 cm³/mol. The molecule has 0 spiro atoms. The largest absolute Gasteiger partial charge is 0.484 e. The lowest BCUT2D eigenvalue weighted by atomic mass is 10.2. The molecule has 10 heteroatoms. The number of ether oxygens (including phenoxy) is 2. The molecule has 0 unspecified atom stereocenters. The third-order valence-electron chi connectivity index (χ3n) is 4.51. The fraction of sp³-hybridized carbons (Fsp3) is 0.273. The smallest absolute Gasteiger partial charge is 0.329 e. The highest BCUT2D eigenvalue weighted by Crippen LogP contribution is 2.20. The van der Waals surface area contributed by atoms with E-state index in [0.717, 1.165) is 19.4 Å². The van der Waals surface area contributed by atoms with Gasteiger partial charge in [-0.3, -0.25) is 14.4 Å². The molecule has 0 bridgehead atoms. The van der Waals surface area contributed by atoms with Crippen molar-refractivity contribution >= 4 is 45.6 Å². The van der Waals surface area contributed by atoms with E-state index in [-0.39, 0.29) is 18.6 Å². The Kier molecular flexibility index (Phi) is 8.76. The first-order valence-electron chi connectivity index (χ1n) is 10.0. The zero-order valence-electron chi connectivity index (χ0n) is 17.2. The van der Waals surface area contributed by atoms with Crippen molar-refractivity contribution in [1.82, 2.24) is 10.7 Å². The number of nitrogens with zero attached hydrogens (tertiary/aromatic N) is 1. The molecule has 168 valence electrons. The monoisotopic (exact) mass is 502 g/mol. The van der Waals surface area contributed by atoms with Gasteiger partial charge in [-0.1, -0.05) is 12.1 Å². The molecule has 2 aromatic rings. The summed E-state index contributed by atoms with van der Waals surface area (Å²) >= 11 is 3.29. The van der Waals surface area contributed by atoms with Gasteiger partial charge in [-0.05, 0) is 70.7 Å². The molecule has 0 aliphatic carbocycles. The number of amides is 3. The normalized spacial score (nSPS) is 15.3. The Morgan fingerprint density at radius 1 is 1.12 bits per heavy atom. The van der Waals surface area contributed by atoms with E-state index < -0.39 is 11.8 Å². The fourth-order valence-electron chi connectivity index (χ4n) is 2.84. The van der Waals surface area contributed by atoms with Gasteiger partial charge in [-0.15, -0.1) is 0 Å². The number of para-hydroxylation sites is 1. The lowest BCUT2D eigenvalue weighted by molar-refractivity contribution is -0.136. The summed E-state index contributed by atoms with van der Waals surface area (Å²) in [5.41, 5.74) is 3.32. The van der Waals surface area contributed by atoms with Gasteiger partial charge in [-0.25, -0.2) is 5.43 Å². The van der Waals surface area contributed by atoms with Crippen LogP contribution in [0, 0.1) is 0 Å². The van der Waals surface area contributed by atoms with Crippen LogP contribution in [0.4, 0.5) is 5.69 Å². The molecular formula is C22H23BrN4O5. The highest BCUT2D eigenvalue weighted by molar-refractivity contribution is 9.10. The van der Waals surface area contributed by atoms with E-state index in [1.54, 1.807) is 48.5 Å². The van der Waals surface area contributed by atoms with Crippen LogP contribution < -0.4 is 20.8 Å². The molecule has 32 heavy (non-hydrogen) atoms. The van der Waals surface area contributed by atoms with E-state index in [1.165, 1.54) is 6.21 Å². The van der Waals surface area contributed by atoms with Gasteiger partial charge in [0.2, 0.25) is 0 Å². The van der Waals surface area contributed by atoms with Crippen LogP contribution in [-0.2, 0) is 19.1 Å². The SMILES string of the molecule is O=C(COc1ccc(/C=N\NC(=O)C(=O)Nc2ccccc2Br)cc1)NC[C@@H]1CCCO1. The van der Waals surface area contributed by atoms with Crippen molar-refractivity contribution in [1.29, 1.82) is 0 Å². The Bertz CT molecular complexity index is 975. The molecule has 1 atom stereocenters. The van der Waals surface area contributed by atoms with Crippen LogP contribution >= 0.6 is 15.9 Å². The molecule has 3 rings (SSSR count). The number of rotatable bonds is 8. The van der Waals surface area contributed by atoms with E-state index in [0.29, 0.717) is 28.0 Å². The lowest BCUT2D eigenvalue weighted by Crippen LogP contribution is -2.35. The standard InChI is InChI=1S/C22H23BrN4O5/c23-18-5-1-2-6-19(18)26-21(29)22(30)27-25-12-15-7-9-16(10-8-15)32-14-20(28)24-13-17-4-3-11-31-17/h1-2,5-10,12,17H,3-4,11,13-14H2,(H,24,28)(H,26,29)(H,27,30)/b25-12-/t17-/m0/s1. The average molecular weight is 503 g/mol. The van der Waals surface area contributed by atoms with E-state index >= 15 is 0 Å². The van der Waals surface area contributed by atoms with Crippen LogP contribution in [0.5, 0.6) is 5.75 Å². The topological polar surface area (TPSA) is 118 Å². The van der Waals surface area contributed by atoms with Gasteiger partial charge in [0.1, 0.15) is 5.75 Å². The number of carbonyl (C=O) groups is 3. The summed E-state index contributed by atoms with van der Waals surface area (Å²) in [6.45, 7) is 1.14. The van der Waals surface area contributed by atoms with Gasteiger partial charge >= 0.3 is 11.8 Å². The number of nitrogens with one attached hydrogen (secondary N) is 3. The Balaban J connectivity index is 1.38. The molecule has 1 fully saturated rings. The maximum absolute atomic E-state index is 11.9. The van der Waals surface area contributed by atoms with Crippen molar-refractivity contribution in [3.8, 4) is 5.75 Å². The fourth-order valence-corrected chi connectivity index (χ4v) is 3.22. The summed E-state index contributed by atoms with van der Waals surface area (Å²) in [5.74, 6) is -1.43. The van der Waals surface area contributed by atoms with Crippen molar-refractivity contribution in [3.05, 3.63) is 58.6 Å². The highest BCUT2D eigenvalue weighted by atomic mass is 79.9. The predicted octanol–water partition coefficient (Wildman–Crippen LogP) is 2.21. The second-order valence-corrected chi connectivity index (χ2v) is 7.78. The minimum absolute atomic E-state index is 0.0873. The number of hydrogen-bond acceptors (Lipinski definition) is 6. The Morgan fingerprint density at radius 2 is 1.91 bits per heavy atom. The van der Waals surface area contributed by atoms with Crippen molar-refractivity contribution < 1.29 is 23.9 Å². The first kappa shape index (κ1) is 23.4. The van der Waals surface area contributed by atoms with Gasteiger partial charge in [0, 0.05) is 17.6 Å². The van der Waals surface area contributed by atoms with Crippen molar-refractivity contribution in [2.24, 2.45) is 5.10 Å². The van der Waals surface area contributed by atoms with Gasteiger partial charge in [0.05, 0.1) is 18.0 Å². The van der Waals surface area contributed by atoms with Crippen LogP contribution in [0.25, 0.3) is 0 Å². The van der Waals surface area contributed by atoms with E-state index in [1.807, 2.05) is 0 Å². The minimum Gasteiger partial charge on any atom is -0.484 e. The van der Waals surface area contributed by atoms with E-state index in [4.69, 9.17) is 9.47 Å². The molecule has 3 amide bonds. The highest BCUT2D eigenvalue weighted by Gasteiger charge is 2.16. The molecule has 9 nitrogen and oxygen atoms in total. The first-order valence-corrected chi connectivity index (χ1v) is 10.8. The van der Waals surface area contributed by atoms with Gasteiger partial charge in [0.15, 0.2) is 6.61 Å². The number of hydrogen-bond donors (Lipinski definition) is 3. The molecule has 1 saturated heterocycles. The number of anilines is 1. The summed E-state index contributed by atoms with van der Waals surface area (Å²) < 4.78 is 11.6. The van der Waals surface area contributed by atoms with Crippen molar-refractivity contribution in [3.63, 3.8) is 0 Å². The molecule has 3 N–H and O–H groups in total. The summed E-state index contributed by atoms with van der Waals surface area (Å²) in [6, 6.07) is 13.7. The molecule has 1 heterocycles. The van der Waals surface area contributed by atoms with Crippen molar-refractivity contribution in [2.75, 3.05) is 25.1 Å². The molecule has 1 aliphatic heterocycles. The molecule has 2 aromatic carbocycles. The minimum atomic E-state index is -0.897. The summed E-state index contributed by atoms with van der Waals surface area (Å²) in [7, 11) is 0. The number of hydrazone groups is 1. The zero-order chi connectivity index (χ0) is 22.8. The Morgan fingerprint density at radius 3 is 2.62 bits per heavy atom. The van der Waals surface area contributed by atoms with Gasteiger partial charge < -0.3 is 20.1 Å². The first-order chi connectivity index (χ1) is 15.5. The molecule has 0 saturated carbocycles. The molecule has 1 aliphatic rings. The quantitative estimate of drug-likeness (QED) is 0.290. The van der Waals surface area contributed by atoms with E-state index in [2.05, 4.69) is 37.1 Å². The molecule has 0 radical (unpaired) electrons. The van der Waals surface area contributed by atoms with Crippen LogP contribution in [0.15, 0.2) is 58.1 Å². The maximum Gasteiger partial charge on any atom is 0.329 e. The summed E-state index contributed by atoms with van der Waals surface area (Å²) in [4.78, 5) is 35.6. The number of benzene rings is 2. The molecular weight excluding hydrogens is 480 g/mol. The lowest BCUT2D eigenvalue weighted by Gasteiger charge is -2.11. The van der Waals surface area contributed by atoms with Gasteiger partial charge in [-0.2, -0.15) is 5.10 Å². The van der Waals surface area contributed by atoms with Gasteiger partial charge in [0.25, 0.3) is 5.91 Å². The van der Waals surface area contributed by atoms with Crippen LogP contribution in [0.3, 0.4) is 0 Å². The number of halogens is 1. The molecule has 0 aromatic heterocycles. The summed E-state index contributed by atoms with van der Waals surface area (Å²) in [6.07, 6.45) is 3.46. The second kappa shape index (κ2) is 12.0. The second-order valence-electron chi connectivity index (χ2n) is 6.93. The third-order valence-corrected chi connectivity index (χ3v) is 5.20. The van der Waals surface area contributed by atoms with Crippen LogP contribution in [0.2, 0.25) is 0 Å². The van der Waals surface area contributed by atoms with Crippen LogP contribution in [-0.4, -0.2) is 49.8 Å². The Hall–Kier alpha value is -3.24. The summed E-state index contributed by atoms with van der Waals surface area (Å²) in [5, 5.41) is 9.05. The van der Waals surface area contributed by atoms with E-state index in [9.17, 15) is 14.4 Å². The number of carbonyl (C=O) groups excluding carboxylic acids is 3.